The van der Waals surface area contributed by atoms with Crippen molar-refractivity contribution in [3.8, 4) is 0 Å². The molecular formula is C16H20N2O4S3. The number of hydrogen-bond acceptors (Lipinski definition) is 5. The first-order valence-electron chi connectivity index (χ1n) is 7.80. The largest absolute Gasteiger partial charge is 0.243 e. The van der Waals surface area contributed by atoms with E-state index in [2.05, 4.69) is 17.4 Å². The second-order valence-electron chi connectivity index (χ2n) is 6.25. The fourth-order valence-corrected chi connectivity index (χ4v) is 5.79. The summed E-state index contributed by atoms with van der Waals surface area (Å²) in [6, 6.07) is 12.1. The van der Waals surface area contributed by atoms with Crippen LogP contribution in [-0.2, 0) is 20.0 Å². The molecule has 6 nitrogen and oxygen atoms in total. The van der Waals surface area contributed by atoms with Gasteiger partial charge in [0.1, 0.15) is 0 Å². The van der Waals surface area contributed by atoms with Gasteiger partial charge in [-0.1, -0.05) is 30.3 Å². The van der Waals surface area contributed by atoms with Crippen LogP contribution in [0.4, 0.5) is 0 Å². The number of sulfonamides is 2. The van der Waals surface area contributed by atoms with Crippen molar-refractivity contribution in [1.82, 2.24) is 9.03 Å². The summed E-state index contributed by atoms with van der Waals surface area (Å²) in [6.45, 7) is 0.303. The van der Waals surface area contributed by atoms with E-state index in [-0.39, 0.29) is 23.2 Å². The van der Waals surface area contributed by atoms with Crippen molar-refractivity contribution >= 4 is 43.4 Å². The molecule has 1 heterocycles. The fraction of sp³-hybridized carbons (Fsp3) is 0.375. The van der Waals surface area contributed by atoms with Crippen molar-refractivity contribution in [3.05, 3.63) is 42.5 Å². The maximum atomic E-state index is 13.1. The van der Waals surface area contributed by atoms with E-state index in [1.807, 2.05) is 24.3 Å². The van der Waals surface area contributed by atoms with Crippen molar-refractivity contribution in [2.75, 3.05) is 19.3 Å². The SMILES string of the molecule is CS(=O)(=O)NC[C@@H]1C[C@@H](S)CN1S(=O)(=O)c1ccc2ccccc2c1. The summed E-state index contributed by atoms with van der Waals surface area (Å²) in [5.41, 5.74) is 0. The van der Waals surface area contributed by atoms with Gasteiger partial charge in [0.25, 0.3) is 0 Å². The lowest BCUT2D eigenvalue weighted by Gasteiger charge is -2.24. The van der Waals surface area contributed by atoms with Gasteiger partial charge in [-0.15, -0.1) is 0 Å². The third kappa shape index (κ3) is 4.17. The molecule has 2 aromatic carbocycles. The fourth-order valence-electron chi connectivity index (χ4n) is 3.05. The molecule has 0 saturated carbocycles. The van der Waals surface area contributed by atoms with Gasteiger partial charge in [0.05, 0.1) is 11.2 Å². The van der Waals surface area contributed by atoms with E-state index >= 15 is 0 Å². The average Bonchev–Trinajstić information content (AvgIpc) is 2.93. The monoisotopic (exact) mass is 400 g/mol. The molecule has 0 spiro atoms. The lowest BCUT2D eigenvalue weighted by molar-refractivity contribution is 0.385. The van der Waals surface area contributed by atoms with Crippen LogP contribution in [0, 0.1) is 0 Å². The highest BCUT2D eigenvalue weighted by Crippen LogP contribution is 2.30. The summed E-state index contributed by atoms with van der Waals surface area (Å²) >= 11 is 4.40. The molecule has 0 bridgehead atoms. The predicted octanol–water partition coefficient (Wildman–Crippen LogP) is 1.45. The Morgan fingerprint density at radius 3 is 2.48 bits per heavy atom. The standard InChI is InChI=1S/C16H20N2O4S3/c1-24(19,20)17-10-14-9-15(23)11-18(14)25(21,22)16-7-6-12-4-2-3-5-13(12)8-16/h2-8,14-15,17,23H,9-11H2,1H3/t14-,15+/m0/s1. The molecule has 0 aliphatic carbocycles. The molecular weight excluding hydrogens is 380 g/mol. The van der Waals surface area contributed by atoms with Crippen LogP contribution >= 0.6 is 12.6 Å². The van der Waals surface area contributed by atoms with Crippen LogP contribution in [0.5, 0.6) is 0 Å². The van der Waals surface area contributed by atoms with Crippen molar-refractivity contribution in [1.29, 1.82) is 0 Å². The molecule has 1 aliphatic rings. The zero-order valence-corrected chi connectivity index (χ0v) is 16.2. The van der Waals surface area contributed by atoms with Crippen LogP contribution < -0.4 is 4.72 Å². The Bertz CT molecular complexity index is 989. The Kier molecular flexibility index (Phi) is 5.13. The number of hydrogen-bond donors (Lipinski definition) is 2. The van der Waals surface area contributed by atoms with Crippen LogP contribution in [-0.4, -0.2) is 51.8 Å². The molecule has 9 heteroatoms. The Morgan fingerprint density at radius 1 is 1.12 bits per heavy atom. The Morgan fingerprint density at radius 2 is 1.80 bits per heavy atom. The summed E-state index contributed by atoms with van der Waals surface area (Å²) in [7, 11) is -7.12. The van der Waals surface area contributed by atoms with Gasteiger partial charge in [-0.05, 0) is 29.3 Å². The molecule has 1 aliphatic heterocycles. The van der Waals surface area contributed by atoms with E-state index in [1.165, 1.54) is 4.31 Å². The average molecular weight is 401 g/mol. The van der Waals surface area contributed by atoms with Crippen LogP contribution in [0.2, 0.25) is 0 Å². The summed E-state index contributed by atoms with van der Waals surface area (Å²) < 4.78 is 52.6. The first-order chi connectivity index (χ1) is 11.7. The normalized spacial score (nSPS) is 22.5. The van der Waals surface area contributed by atoms with E-state index in [0.29, 0.717) is 6.42 Å². The second-order valence-corrected chi connectivity index (χ2v) is 10.7. The van der Waals surface area contributed by atoms with Gasteiger partial charge in [-0.25, -0.2) is 21.6 Å². The number of thiol groups is 1. The maximum Gasteiger partial charge on any atom is 0.243 e. The molecule has 0 aromatic heterocycles. The molecule has 1 saturated heterocycles. The van der Waals surface area contributed by atoms with Gasteiger partial charge in [0.15, 0.2) is 0 Å². The Labute approximate surface area is 153 Å². The molecule has 3 rings (SSSR count). The molecule has 1 fully saturated rings. The van der Waals surface area contributed by atoms with E-state index in [1.54, 1.807) is 18.2 Å². The van der Waals surface area contributed by atoms with E-state index in [4.69, 9.17) is 0 Å². The molecule has 0 amide bonds. The zero-order valence-electron chi connectivity index (χ0n) is 13.7. The van der Waals surface area contributed by atoms with Crippen LogP contribution in [0.15, 0.2) is 47.4 Å². The van der Waals surface area contributed by atoms with Gasteiger partial charge in [0, 0.05) is 24.4 Å². The number of nitrogens with one attached hydrogen (secondary N) is 1. The smallest absolute Gasteiger partial charge is 0.214 e. The number of fused-ring (bicyclic) bond motifs is 1. The van der Waals surface area contributed by atoms with Crippen LogP contribution in [0.1, 0.15) is 6.42 Å². The van der Waals surface area contributed by atoms with Gasteiger partial charge in [-0.2, -0.15) is 16.9 Å². The Hall–Kier alpha value is -1.13. The topological polar surface area (TPSA) is 83.6 Å². The van der Waals surface area contributed by atoms with E-state index in [0.717, 1.165) is 17.0 Å². The summed E-state index contributed by atoms with van der Waals surface area (Å²) in [5.74, 6) is 0. The number of benzene rings is 2. The highest BCUT2D eigenvalue weighted by atomic mass is 32.2. The molecule has 136 valence electrons. The van der Waals surface area contributed by atoms with E-state index < -0.39 is 26.1 Å². The highest BCUT2D eigenvalue weighted by molar-refractivity contribution is 7.89. The van der Waals surface area contributed by atoms with Crippen molar-refractivity contribution in [2.24, 2.45) is 0 Å². The molecule has 1 N–H and O–H groups in total. The van der Waals surface area contributed by atoms with Gasteiger partial charge >= 0.3 is 0 Å². The molecule has 0 unspecified atom stereocenters. The minimum absolute atomic E-state index is 0.0443. The quantitative estimate of drug-likeness (QED) is 0.744. The summed E-state index contributed by atoms with van der Waals surface area (Å²) in [4.78, 5) is 0.206. The Balaban J connectivity index is 1.93. The maximum absolute atomic E-state index is 13.1. The van der Waals surface area contributed by atoms with Gasteiger partial charge < -0.3 is 0 Å². The lowest BCUT2D eigenvalue weighted by Crippen LogP contribution is -2.42. The zero-order chi connectivity index (χ0) is 18.2. The third-order valence-corrected chi connectivity index (χ3v) is 7.23. The van der Waals surface area contributed by atoms with Crippen molar-refractivity contribution < 1.29 is 16.8 Å². The minimum Gasteiger partial charge on any atom is -0.214 e. The van der Waals surface area contributed by atoms with E-state index in [9.17, 15) is 16.8 Å². The third-order valence-electron chi connectivity index (χ3n) is 4.25. The number of rotatable bonds is 5. The minimum atomic E-state index is -3.73. The molecule has 0 radical (unpaired) electrons. The van der Waals surface area contributed by atoms with Gasteiger partial charge in [0.2, 0.25) is 20.0 Å². The van der Waals surface area contributed by atoms with Crippen LogP contribution in [0.3, 0.4) is 0 Å². The first-order valence-corrected chi connectivity index (χ1v) is 11.6. The molecule has 2 aromatic rings. The van der Waals surface area contributed by atoms with Crippen molar-refractivity contribution in [2.45, 2.75) is 22.6 Å². The highest BCUT2D eigenvalue weighted by Gasteiger charge is 2.39. The lowest BCUT2D eigenvalue weighted by atomic mass is 10.1. The van der Waals surface area contributed by atoms with Crippen molar-refractivity contribution in [3.63, 3.8) is 0 Å². The van der Waals surface area contributed by atoms with Crippen LogP contribution in [0.25, 0.3) is 10.8 Å². The van der Waals surface area contributed by atoms with Gasteiger partial charge in [-0.3, -0.25) is 0 Å². The summed E-state index contributed by atoms with van der Waals surface area (Å²) in [5, 5.41) is 1.68. The summed E-state index contributed by atoms with van der Waals surface area (Å²) in [6.07, 6.45) is 1.56. The second kappa shape index (κ2) is 6.88. The molecule has 25 heavy (non-hydrogen) atoms. The number of nitrogens with zero attached hydrogens (tertiary/aromatic N) is 1. The molecule has 2 atom stereocenters. The predicted molar refractivity (Wildman–Crippen MR) is 102 cm³/mol. The first kappa shape index (κ1) is 18.7.